The number of ether oxygens (including phenoxy) is 1. The highest BCUT2D eigenvalue weighted by atomic mass is 16.5. The van der Waals surface area contributed by atoms with Gasteiger partial charge in [-0.25, -0.2) is 0 Å². The summed E-state index contributed by atoms with van der Waals surface area (Å²) in [6.45, 7) is 2.78. The quantitative estimate of drug-likeness (QED) is 0.0376. The van der Waals surface area contributed by atoms with Crippen molar-refractivity contribution in [1.82, 2.24) is 0 Å². The Kier molecular flexibility index (Phi) is 51.7. The lowest BCUT2D eigenvalue weighted by atomic mass is 10.0. The molecule has 4 heteroatoms. The van der Waals surface area contributed by atoms with Gasteiger partial charge in [-0.2, -0.15) is 0 Å². The maximum atomic E-state index is 12.0. The fraction of sp³-hybridized carbons (Fsp3) is 0.857. The Morgan fingerprint density at radius 1 is 0.333 bits per heavy atom. The second-order valence-electron chi connectivity index (χ2n) is 18.3. The third kappa shape index (κ3) is 54.2. The summed E-state index contributed by atoms with van der Waals surface area (Å²) in [5.74, 6) is -0.645. The van der Waals surface area contributed by atoms with Crippen LogP contribution in [0.5, 0.6) is 0 Å². The van der Waals surface area contributed by atoms with Crippen molar-refractivity contribution < 1.29 is 19.4 Å². The lowest BCUT2D eigenvalue weighted by Gasteiger charge is -2.06. The summed E-state index contributed by atoms with van der Waals surface area (Å²) in [4.78, 5) is 22.5. The van der Waals surface area contributed by atoms with Crippen LogP contribution in [0.15, 0.2) is 36.5 Å². The number of carboxylic acid groups (broad SMARTS) is 1. The monoisotopic (exact) mass is 841 g/mol. The van der Waals surface area contributed by atoms with Crippen molar-refractivity contribution in [3.8, 4) is 0 Å². The largest absolute Gasteiger partial charge is 0.481 e. The summed E-state index contributed by atoms with van der Waals surface area (Å²) in [6, 6.07) is 0. The maximum Gasteiger partial charge on any atom is 0.305 e. The Labute approximate surface area is 375 Å². The molecule has 1 N–H and O–H groups in total. The van der Waals surface area contributed by atoms with Crippen molar-refractivity contribution in [3.63, 3.8) is 0 Å². The Bertz CT molecular complexity index is 936. The van der Waals surface area contributed by atoms with Gasteiger partial charge in [0.25, 0.3) is 0 Å². The van der Waals surface area contributed by atoms with E-state index >= 15 is 0 Å². The molecule has 0 spiro atoms. The van der Waals surface area contributed by atoms with Crippen LogP contribution in [0.2, 0.25) is 0 Å². The molecule has 0 saturated carbocycles. The minimum absolute atomic E-state index is 0.00601. The van der Waals surface area contributed by atoms with Gasteiger partial charge in [0.2, 0.25) is 0 Å². The van der Waals surface area contributed by atoms with E-state index in [-0.39, 0.29) is 5.97 Å². The molecule has 0 fully saturated rings. The third-order valence-electron chi connectivity index (χ3n) is 12.3. The van der Waals surface area contributed by atoms with Crippen molar-refractivity contribution in [3.05, 3.63) is 36.5 Å². The van der Waals surface area contributed by atoms with Crippen molar-refractivity contribution in [1.29, 1.82) is 0 Å². The molecule has 0 radical (unpaired) electrons. The van der Waals surface area contributed by atoms with E-state index in [9.17, 15) is 9.59 Å². The van der Waals surface area contributed by atoms with Crippen LogP contribution in [-0.2, 0) is 14.3 Å². The lowest BCUT2D eigenvalue weighted by Crippen LogP contribution is -2.05. The predicted octanol–water partition coefficient (Wildman–Crippen LogP) is 19.2. The van der Waals surface area contributed by atoms with Gasteiger partial charge < -0.3 is 9.84 Å². The molecule has 0 unspecified atom stereocenters. The molecule has 0 aliphatic rings. The second-order valence-corrected chi connectivity index (χ2v) is 18.3. The normalized spacial score (nSPS) is 11.9. The highest BCUT2D eigenvalue weighted by molar-refractivity contribution is 5.69. The van der Waals surface area contributed by atoms with E-state index in [0.717, 1.165) is 51.4 Å². The average Bonchev–Trinajstić information content (AvgIpc) is 3.24. The van der Waals surface area contributed by atoms with Crippen LogP contribution in [0.3, 0.4) is 0 Å². The zero-order valence-electron chi connectivity index (χ0n) is 40.4. The number of rotatable bonds is 51. The first kappa shape index (κ1) is 58.2. The van der Waals surface area contributed by atoms with Gasteiger partial charge in [-0.05, 0) is 51.4 Å². The third-order valence-corrected chi connectivity index (χ3v) is 12.3. The topological polar surface area (TPSA) is 63.6 Å². The summed E-state index contributed by atoms with van der Waals surface area (Å²) in [6.07, 6.45) is 72.5. The number of hydrogen-bond donors (Lipinski definition) is 1. The molecule has 0 bridgehead atoms. The number of allylic oxidation sites excluding steroid dienone is 6. The van der Waals surface area contributed by atoms with Crippen LogP contribution in [-0.4, -0.2) is 23.7 Å². The number of unbranched alkanes of at least 4 members (excludes halogenated alkanes) is 39. The maximum absolute atomic E-state index is 12.0. The minimum atomic E-state index is -0.651. The molecule has 0 saturated heterocycles. The Morgan fingerprint density at radius 2 is 0.600 bits per heavy atom. The standard InChI is InChI=1S/C56H104O4/c1-2-3-4-5-6-7-8-9-31-35-38-41-44-47-50-53-56(59)60-54-51-48-45-42-39-36-33-30-28-26-24-22-20-18-16-14-12-10-11-13-15-17-19-21-23-25-27-29-32-34-37-40-43-46-49-52-55(57)58/h3-4,6-7,9,31H,2,5,8,10-30,32-54H2,1H3,(H,57,58)/b4-3-,7-6-,31-9-. The van der Waals surface area contributed by atoms with Gasteiger partial charge >= 0.3 is 11.9 Å². The molecule has 0 aliphatic heterocycles. The highest BCUT2D eigenvalue weighted by Crippen LogP contribution is 2.18. The molecule has 0 aromatic heterocycles. The number of hydrogen-bond acceptors (Lipinski definition) is 3. The summed E-state index contributed by atoms with van der Waals surface area (Å²) in [7, 11) is 0. The van der Waals surface area contributed by atoms with E-state index in [1.165, 1.54) is 231 Å². The van der Waals surface area contributed by atoms with Crippen LogP contribution in [0.4, 0.5) is 0 Å². The van der Waals surface area contributed by atoms with E-state index in [1.54, 1.807) is 0 Å². The van der Waals surface area contributed by atoms with Crippen molar-refractivity contribution in [2.45, 2.75) is 302 Å². The smallest absolute Gasteiger partial charge is 0.305 e. The zero-order valence-corrected chi connectivity index (χ0v) is 40.4. The summed E-state index contributed by atoms with van der Waals surface area (Å²) in [5, 5.41) is 8.67. The molecule has 60 heavy (non-hydrogen) atoms. The Hall–Kier alpha value is -1.84. The van der Waals surface area contributed by atoms with E-state index in [4.69, 9.17) is 9.84 Å². The number of esters is 1. The molecule has 0 amide bonds. The van der Waals surface area contributed by atoms with Gasteiger partial charge in [0.15, 0.2) is 0 Å². The lowest BCUT2D eigenvalue weighted by molar-refractivity contribution is -0.144. The number of carboxylic acids is 1. The van der Waals surface area contributed by atoms with Gasteiger partial charge in [-0.3, -0.25) is 9.59 Å². The van der Waals surface area contributed by atoms with Gasteiger partial charge in [-0.15, -0.1) is 0 Å². The van der Waals surface area contributed by atoms with Gasteiger partial charge in [0.05, 0.1) is 6.61 Å². The van der Waals surface area contributed by atoms with Crippen molar-refractivity contribution in [2.75, 3.05) is 6.61 Å². The number of carbonyl (C=O) groups excluding carboxylic acids is 1. The number of carbonyl (C=O) groups is 2. The summed E-state index contributed by atoms with van der Waals surface area (Å²) >= 11 is 0. The molecule has 352 valence electrons. The molecule has 0 aromatic carbocycles. The van der Waals surface area contributed by atoms with Crippen LogP contribution in [0.1, 0.15) is 302 Å². The Morgan fingerprint density at radius 3 is 0.933 bits per heavy atom. The summed E-state index contributed by atoms with van der Waals surface area (Å²) < 4.78 is 5.47. The van der Waals surface area contributed by atoms with E-state index < -0.39 is 5.97 Å². The molecular weight excluding hydrogens is 737 g/mol. The van der Waals surface area contributed by atoms with E-state index in [1.807, 2.05) is 0 Å². The number of aliphatic carboxylic acids is 1. The van der Waals surface area contributed by atoms with Gasteiger partial charge in [0, 0.05) is 12.8 Å². The molecule has 0 heterocycles. The minimum Gasteiger partial charge on any atom is -0.481 e. The molecule has 0 aliphatic carbocycles. The van der Waals surface area contributed by atoms with Crippen molar-refractivity contribution >= 4 is 11.9 Å². The van der Waals surface area contributed by atoms with Gasteiger partial charge in [-0.1, -0.05) is 275 Å². The van der Waals surface area contributed by atoms with E-state index in [2.05, 4.69) is 43.4 Å². The molecule has 4 nitrogen and oxygen atoms in total. The van der Waals surface area contributed by atoms with Crippen LogP contribution in [0.25, 0.3) is 0 Å². The molecule has 0 rings (SSSR count). The second kappa shape index (κ2) is 53.3. The molecule has 0 atom stereocenters. The summed E-state index contributed by atoms with van der Waals surface area (Å²) in [5.41, 5.74) is 0. The molecule has 0 aromatic rings. The van der Waals surface area contributed by atoms with Crippen LogP contribution >= 0.6 is 0 Å². The molecular formula is C56H104O4. The van der Waals surface area contributed by atoms with Crippen molar-refractivity contribution in [2.24, 2.45) is 0 Å². The first-order valence-corrected chi connectivity index (χ1v) is 27.0. The van der Waals surface area contributed by atoms with Crippen LogP contribution < -0.4 is 0 Å². The predicted molar refractivity (Wildman–Crippen MR) is 264 cm³/mol. The van der Waals surface area contributed by atoms with E-state index in [0.29, 0.717) is 19.4 Å². The highest BCUT2D eigenvalue weighted by Gasteiger charge is 2.03. The fourth-order valence-corrected chi connectivity index (χ4v) is 8.36. The van der Waals surface area contributed by atoms with Gasteiger partial charge in [0.1, 0.15) is 0 Å². The Balaban J connectivity index is 3.16. The average molecular weight is 841 g/mol. The first-order chi connectivity index (χ1) is 29.7. The van der Waals surface area contributed by atoms with Crippen LogP contribution in [0, 0.1) is 0 Å². The first-order valence-electron chi connectivity index (χ1n) is 27.0. The zero-order chi connectivity index (χ0) is 43.3. The fourth-order valence-electron chi connectivity index (χ4n) is 8.36. The SMILES string of the molecule is CC/C=C\C/C=C\C/C=C\CCCCCCCC(=O)OCCCCCCCCCCCCCCCCCCCCCCCCCCCCCCCCCCCCCC(=O)O.